The summed E-state index contributed by atoms with van der Waals surface area (Å²) in [5.74, 6) is 0. The van der Waals surface area contributed by atoms with Crippen molar-refractivity contribution in [3.63, 3.8) is 0 Å². The third kappa shape index (κ3) is 4.94. The number of hydrogen-bond acceptors (Lipinski definition) is 3. The molecule has 0 radical (unpaired) electrons. The van der Waals surface area contributed by atoms with E-state index < -0.39 is 0 Å². The maximum absolute atomic E-state index is 11.4. The zero-order valence-electron chi connectivity index (χ0n) is 15.2. The molecule has 0 spiro atoms. The van der Waals surface area contributed by atoms with E-state index in [1.54, 1.807) is 38.1 Å². The first kappa shape index (κ1) is 21.1. The lowest BCUT2D eigenvalue weighted by atomic mass is 9.92. The highest BCUT2D eigenvalue weighted by Crippen LogP contribution is 2.33. The Hall–Kier alpha value is -2.23. The van der Waals surface area contributed by atoms with Crippen LogP contribution in [0.25, 0.3) is 5.57 Å². The predicted molar refractivity (Wildman–Crippen MR) is 110 cm³/mol. The molecular weight excluding hydrogens is 383 g/mol. The van der Waals surface area contributed by atoms with Crippen LogP contribution < -0.4 is 0 Å². The van der Waals surface area contributed by atoms with Crippen LogP contribution in [-0.4, -0.2) is 18.9 Å². The molecule has 0 saturated carbocycles. The maximum Gasteiger partial charge on any atom is 0.150 e. The van der Waals surface area contributed by atoms with Gasteiger partial charge in [0.25, 0.3) is 0 Å². The van der Waals surface area contributed by atoms with E-state index in [-0.39, 0.29) is 0 Å². The number of carbonyl (C=O) groups is 3. The summed E-state index contributed by atoms with van der Waals surface area (Å²) in [6.45, 7) is 3.58. The number of rotatable bonds is 8. The van der Waals surface area contributed by atoms with E-state index in [4.69, 9.17) is 23.2 Å². The van der Waals surface area contributed by atoms with Crippen LogP contribution in [0.1, 0.15) is 62.2 Å². The lowest BCUT2D eigenvalue weighted by Crippen LogP contribution is -1.97. The number of aldehydes is 3. The van der Waals surface area contributed by atoms with Gasteiger partial charge in [-0.25, -0.2) is 0 Å². The fourth-order valence-electron chi connectivity index (χ4n) is 2.81. The Labute approximate surface area is 169 Å². The van der Waals surface area contributed by atoms with Gasteiger partial charge in [0, 0.05) is 27.6 Å². The predicted octanol–water partition coefficient (Wildman–Crippen LogP) is 6.04. The van der Waals surface area contributed by atoms with E-state index >= 15 is 0 Å². The minimum absolute atomic E-state index is 0.465. The molecule has 0 fully saturated rings. The number of unbranched alkanes of at least 4 members (excludes halogenated alkanes) is 2. The van der Waals surface area contributed by atoms with Gasteiger partial charge < -0.3 is 4.79 Å². The minimum Gasteiger partial charge on any atom is -0.303 e. The van der Waals surface area contributed by atoms with Crippen LogP contribution in [0, 0.1) is 13.8 Å². The molecule has 0 unspecified atom stereocenters. The monoisotopic (exact) mass is 402 g/mol. The van der Waals surface area contributed by atoms with Gasteiger partial charge in [0.1, 0.15) is 18.9 Å². The molecule has 0 aromatic heterocycles. The zero-order chi connectivity index (χ0) is 20.0. The van der Waals surface area contributed by atoms with Crippen LogP contribution in [0.3, 0.4) is 0 Å². The average molecular weight is 403 g/mol. The molecule has 0 amide bonds. The van der Waals surface area contributed by atoms with Gasteiger partial charge >= 0.3 is 0 Å². The standard InChI is InChI=1S/C22H20Cl2O3/c1-14-18(12-26)8-16(10-21(14)23)20(6-4-3-5-7-25)17-9-19(13-27)15(2)22(24)11-17/h6-13H,3-5H2,1-2H3. The fraction of sp³-hybridized carbons (Fsp3) is 0.227. The van der Waals surface area contributed by atoms with E-state index in [0.717, 1.165) is 35.6 Å². The molecular formula is C22H20Cl2O3. The van der Waals surface area contributed by atoms with Gasteiger partial charge in [-0.15, -0.1) is 0 Å². The highest BCUT2D eigenvalue weighted by atomic mass is 35.5. The molecule has 0 heterocycles. The molecule has 0 aliphatic rings. The van der Waals surface area contributed by atoms with E-state index in [1.807, 2.05) is 6.08 Å². The van der Waals surface area contributed by atoms with Gasteiger partial charge in [0.2, 0.25) is 0 Å². The third-order valence-electron chi connectivity index (χ3n) is 4.52. The highest BCUT2D eigenvalue weighted by Gasteiger charge is 2.13. The van der Waals surface area contributed by atoms with Gasteiger partial charge in [-0.1, -0.05) is 29.3 Å². The van der Waals surface area contributed by atoms with Crippen molar-refractivity contribution in [1.29, 1.82) is 0 Å². The molecule has 2 rings (SSSR count). The summed E-state index contributed by atoms with van der Waals surface area (Å²) in [6, 6.07) is 7.13. The van der Waals surface area contributed by atoms with Crippen molar-refractivity contribution in [3.8, 4) is 0 Å². The molecule has 2 aromatic carbocycles. The summed E-state index contributed by atoms with van der Waals surface area (Å²) in [6.07, 6.45) is 6.24. The summed E-state index contributed by atoms with van der Waals surface area (Å²) in [4.78, 5) is 33.4. The second-order valence-electron chi connectivity index (χ2n) is 6.30. The second-order valence-corrected chi connectivity index (χ2v) is 7.11. The van der Waals surface area contributed by atoms with E-state index in [9.17, 15) is 14.4 Å². The number of halogens is 2. The normalized spacial score (nSPS) is 10.4. The molecule has 0 aliphatic heterocycles. The lowest BCUT2D eigenvalue weighted by molar-refractivity contribution is -0.107. The van der Waals surface area contributed by atoms with Crippen molar-refractivity contribution >= 4 is 47.6 Å². The quantitative estimate of drug-likeness (QED) is 0.399. The Kier molecular flexibility index (Phi) is 7.52. The molecule has 0 saturated heterocycles. The van der Waals surface area contributed by atoms with Crippen molar-refractivity contribution < 1.29 is 14.4 Å². The van der Waals surface area contributed by atoms with Crippen molar-refractivity contribution in [1.82, 2.24) is 0 Å². The molecule has 0 atom stereocenters. The smallest absolute Gasteiger partial charge is 0.150 e. The molecule has 0 bridgehead atoms. The van der Waals surface area contributed by atoms with Gasteiger partial charge in [-0.3, -0.25) is 9.59 Å². The molecule has 5 heteroatoms. The summed E-state index contributed by atoms with van der Waals surface area (Å²) < 4.78 is 0. The van der Waals surface area contributed by atoms with Crippen molar-refractivity contribution in [2.45, 2.75) is 33.1 Å². The molecule has 140 valence electrons. The van der Waals surface area contributed by atoms with Crippen LogP contribution in [-0.2, 0) is 4.79 Å². The summed E-state index contributed by atoms with van der Waals surface area (Å²) in [5.41, 5.74) is 4.77. The topological polar surface area (TPSA) is 51.2 Å². The second kappa shape index (κ2) is 9.63. The fourth-order valence-corrected chi connectivity index (χ4v) is 3.26. The van der Waals surface area contributed by atoms with Gasteiger partial charge in [0.15, 0.2) is 0 Å². The van der Waals surface area contributed by atoms with Gasteiger partial charge in [0.05, 0.1) is 0 Å². The molecule has 2 aromatic rings. The number of carbonyl (C=O) groups excluding carboxylic acids is 3. The Morgan fingerprint density at radius 3 is 1.70 bits per heavy atom. The first-order valence-electron chi connectivity index (χ1n) is 8.58. The third-order valence-corrected chi connectivity index (χ3v) is 5.30. The van der Waals surface area contributed by atoms with Crippen LogP contribution in [0.15, 0.2) is 30.3 Å². The molecule has 0 N–H and O–H groups in total. The minimum atomic E-state index is 0.465. The SMILES string of the molecule is Cc1c(Cl)cc(C(=CCCCC=O)c2cc(Cl)c(C)c(C=O)c2)cc1C=O. The molecule has 3 nitrogen and oxygen atoms in total. The summed E-state index contributed by atoms with van der Waals surface area (Å²) in [5, 5.41) is 0.976. The first-order chi connectivity index (χ1) is 12.9. The highest BCUT2D eigenvalue weighted by molar-refractivity contribution is 6.32. The average Bonchev–Trinajstić information content (AvgIpc) is 2.66. The first-order valence-corrected chi connectivity index (χ1v) is 9.33. The maximum atomic E-state index is 11.4. The van der Waals surface area contributed by atoms with Gasteiger partial charge in [-0.2, -0.15) is 0 Å². The zero-order valence-corrected chi connectivity index (χ0v) is 16.7. The van der Waals surface area contributed by atoms with Crippen LogP contribution in [0.2, 0.25) is 10.0 Å². The van der Waals surface area contributed by atoms with E-state index in [1.165, 1.54) is 0 Å². The Bertz CT molecular complexity index is 849. The number of allylic oxidation sites excluding steroid dienone is 1. The van der Waals surface area contributed by atoms with Crippen molar-refractivity contribution in [2.75, 3.05) is 0 Å². The van der Waals surface area contributed by atoms with Gasteiger partial charge in [-0.05, 0) is 78.8 Å². The number of benzene rings is 2. The molecule has 0 aliphatic carbocycles. The Balaban J connectivity index is 2.64. The van der Waals surface area contributed by atoms with E-state index in [2.05, 4.69) is 0 Å². The Morgan fingerprint density at radius 1 is 0.815 bits per heavy atom. The lowest BCUT2D eigenvalue weighted by Gasteiger charge is -2.14. The molecule has 27 heavy (non-hydrogen) atoms. The van der Waals surface area contributed by atoms with Crippen LogP contribution in [0.5, 0.6) is 0 Å². The number of hydrogen-bond donors (Lipinski definition) is 0. The van der Waals surface area contributed by atoms with E-state index in [0.29, 0.717) is 51.6 Å². The van der Waals surface area contributed by atoms with Crippen LogP contribution >= 0.6 is 23.2 Å². The largest absolute Gasteiger partial charge is 0.303 e. The van der Waals surface area contributed by atoms with Crippen LogP contribution in [0.4, 0.5) is 0 Å². The Morgan fingerprint density at radius 2 is 1.30 bits per heavy atom. The van der Waals surface area contributed by atoms with Crippen molar-refractivity contribution in [2.24, 2.45) is 0 Å². The summed E-state index contributed by atoms with van der Waals surface area (Å²) in [7, 11) is 0. The van der Waals surface area contributed by atoms with Crippen molar-refractivity contribution in [3.05, 3.63) is 73.8 Å². The summed E-state index contributed by atoms with van der Waals surface area (Å²) >= 11 is 12.6.